The molecule has 0 saturated carbocycles. The van der Waals surface area contributed by atoms with Crippen LogP contribution in [0.5, 0.6) is 0 Å². The van der Waals surface area contributed by atoms with Crippen LogP contribution in [0, 0.1) is 0 Å². The van der Waals surface area contributed by atoms with Crippen molar-refractivity contribution in [1.29, 1.82) is 0 Å². The van der Waals surface area contributed by atoms with Gasteiger partial charge in [-0.1, -0.05) is 180 Å². The van der Waals surface area contributed by atoms with Crippen LogP contribution in [0.3, 0.4) is 0 Å². The predicted molar refractivity (Wildman–Crippen MR) is 436 cm³/mol. The molecule has 31 nitrogen and oxygen atoms in total. The molecule has 31 heteroatoms. The van der Waals surface area contributed by atoms with Gasteiger partial charge in [0.1, 0.15) is 0 Å². The van der Waals surface area contributed by atoms with Crippen LogP contribution in [-0.4, -0.2) is 226 Å². The van der Waals surface area contributed by atoms with Gasteiger partial charge in [0.05, 0.1) is 198 Å². The van der Waals surface area contributed by atoms with Gasteiger partial charge in [-0.05, 0) is 77.6 Å². The van der Waals surface area contributed by atoms with Crippen LogP contribution in [0.4, 0.5) is 0 Å². The van der Waals surface area contributed by atoms with Crippen molar-refractivity contribution in [2.75, 3.05) is 78.2 Å². The lowest BCUT2D eigenvalue weighted by atomic mass is 10.1. The monoisotopic (exact) mass is 1650 g/mol. The van der Waals surface area contributed by atoms with Gasteiger partial charge in [0, 0.05) is 0 Å². The standard InChI is InChI=1S/C13H24O2.C9H16O4.2C7H14O4.C7H12O3.5C7H12O2.C5H8O2.CO2/c1-3-4-5-6-7-8-9-10-11-12-13(14)15-2;1-4-7-8(5-9(10)11-3)13-6(2)12-7;2*1-3-5(8)6(9)4-7(10)11-2;1-3-5-6(10-5)4-7(8)9-2;5*1-3-4-5-6-7(8)9-2;1-3-4-5(6)7-2;2-1-3/h10-11H,3-9,12H2,1-2H3;6-8H,4-5H2,1-3H3;2*5-6,8-9H,3-4H2,1-2H3;5-6H,3-4H2,1-2H3;5*4-5H,3,6H2,1-2H3;3H,1,4H2,2H3;/b11-10+;;;;;3*5-4+;2*5-4-;;/t;6?,7-,8+;2*5-,6+;5-,6-;;;;;;;/m.1101......./s1. The van der Waals surface area contributed by atoms with E-state index in [2.05, 4.69) is 71.7 Å². The Labute approximate surface area is 686 Å². The van der Waals surface area contributed by atoms with Crippen LogP contribution in [0.2, 0.25) is 0 Å². The molecule has 2 rings (SSSR count). The second-order valence-corrected chi connectivity index (χ2v) is 23.4. The first-order valence-corrected chi connectivity index (χ1v) is 38.7. The highest BCUT2D eigenvalue weighted by atomic mass is 16.7. The van der Waals surface area contributed by atoms with E-state index in [1.54, 1.807) is 13.8 Å². The van der Waals surface area contributed by atoms with Crippen LogP contribution in [0.15, 0.2) is 85.6 Å². The lowest BCUT2D eigenvalue weighted by Gasteiger charge is -2.13. The minimum absolute atomic E-state index is 0.0223. The fraction of sp³-hybridized carbons (Fsp3) is 0.690. The Kier molecular flexibility index (Phi) is 112. The summed E-state index contributed by atoms with van der Waals surface area (Å²) in [6.07, 6.45) is 40.5. The van der Waals surface area contributed by atoms with Crippen molar-refractivity contribution in [2.45, 2.75) is 305 Å². The third kappa shape index (κ3) is 108. The van der Waals surface area contributed by atoms with Crippen LogP contribution >= 0.6 is 0 Å². The molecule has 2 saturated heterocycles. The number of rotatable bonds is 40. The van der Waals surface area contributed by atoms with Crippen molar-refractivity contribution in [3.8, 4) is 0 Å². The molecule has 1 unspecified atom stereocenters. The summed E-state index contributed by atoms with van der Waals surface area (Å²) in [5, 5.41) is 36.2. The van der Waals surface area contributed by atoms with E-state index < -0.39 is 36.4 Å². The SMILES string of the molecule is C=CCC(=O)OC.CC/C=C/CC(=O)OC.CC/C=C/CC(=O)OC.CC/C=C/CC(=O)OC.CC/C=C\CC(=O)OC.CC/C=C\CC(=O)OC.CCCCCCCC/C=C/CC(=O)OC.CC[C@@H](O)[C@@H](O)CC(=O)OC.CC[C@H](O)[C@H](O)CC(=O)OC.CC[C@H]1OC(C)O[C@H]1CC(=O)OC.CC[C@H]1O[C@@H]1CC(=O)OC.O=C=O. The highest BCUT2D eigenvalue weighted by molar-refractivity contribution is 5.74. The molecule has 0 spiro atoms. The van der Waals surface area contributed by atoms with Gasteiger partial charge in [0.2, 0.25) is 0 Å². The number of hydrogen-bond donors (Lipinski definition) is 4. The van der Waals surface area contributed by atoms with E-state index in [4.69, 9.17) is 44.2 Å². The summed E-state index contributed by atoms with van der Waals surface area (Å²) >= 11 is 0. The van der Waals surface area contributed by atoms with Crippen molar-refractivity contribution in [2.24, 2.45) is 0 Å². The molecule has 0 radical (unpaired) electrons. The van der Waals surface area contributed by atoms with E-state index in [-0.39, 0.29) is 104 Å². The molecular formula is C84H148O31. The molecule has 2 heterocycles. The molecule has 9 atom stereocenters. The first kappa shape index (κ1) is 127. The second-order valence-electron chi connectivity index (χ2n) is 23.4. The Morgan fingerprint density at radius 2 is 0.557 bits per heavy atom. The number of methoxy groups -OCH3 is 11. The summed E-state index contributed by atoms with van der Waals surface area (Å²) in [7, 11) is 15.0. The number of epoxide rings is 1. The molecule has 115 heavy (non-hydrogen) atoms. The summed E-state index contributed by atoms with van der Waals surface area (Å²) in [4.78, 5) is 132. The molecular weight excluding hydrogens is 1500 g/mol. The number of aliphatic hydroxyl groups is 4. The zero-order valence-electron chi connectivity index (χ0n) is 73.3. The molecule has 2 fully saturated rings. The topological polar surface area (TPSA) is 435 Å². The number of hydrogen-bond acceptors (Lipinski definition) is 31. The lowest BCUT2D eigenvalue weighted by Crippen LogP contribution is -2.28. The molecule has 0 amide bonds. The zero-order chi connectivity index (χ0) is 90.4. The number of unbranched alkanes of at least 4 members (excludes halogenated alkanes) is 6. The Bertz CT molecular complexity index is 2400. The van der Waals surface area contributed by atoms with E-state index >= 15 is 0 Å². The van der Waals surface area contributed by atoms with Crippen molar-refractivity contribution < 1.29 is 149 Å². The number of carbonyl (C=O) groups is 11. The van der Waals surface area contributed by atoms with Gasteiger partial charge in [-0.2, -0.15) is 9.59 Å². The Morgan fingerprint density at radius 1 is 0.322 bits per heavy atom. The highest BCUT2D eigenvalue weighted by Crippen LogP contribution is 2.28. The van der Waals surface area contributed by atoms with Crippen molar-refractivity contribution in [3.63, 3.8) is 0 Å². The van der Waals surface area contributed by atoms with Gasteiger partial charge in [-0.15, -0.1) is 6.58 Å². The van der Waals surface area contributed by atoms with E-state index in [1.165, 1.54) is 123 Å². The first-order chi connectivity index (χ1) is 54.7. The highest BCUT2D eigenvalue weighted by Gasteiger charge is 2.39. The number of allylic oxidation sites excluding steroid dienone is 6. The summed E-state index contributed by atoms with van der Waals surface area (Å²) < 4.78 is 64.5. The quantitative estimate of drug-likeness (QED) is 0.0145. The second kappa shape index (κ2) is 102. The van der Waals surface area contributed by atoms with Crippen LogP contribution < -0.4 is 0 Å². The minimum atomic E-state index is -1.01. The van der Waals surface area contributed by atoms with Gasteiger partial charge in [-0.3, -0.25) is 52.7 Å². The van der Waals surface area contributed by atoms with E-state index in [9.17, 15) is 52.7 Å². The molecule has 2 aliphatic rings. The van der Waals surface area contributed by atoms with Crippen LogP contribution in [0.25, 0.3) is 0 Å². The molecule has 0 aromatic carbocycles. The third-order valence-electron chi connectivity index (χ3n) is 14.3. The zero-order valence-corrected chi connectivity index (χ0v) is 73.3. The van der Waals surface area contributed by atoms with Gasteiger partial charge in [-0.25, -0.2) is 0 Å². The summed E-state index contributed by atoms with van der Waals surface area (Å²) in [6, 6.07) is 0. The predicted octanol–water partition coefficient (Wildman–Crippen LogP) is 12.8. The number of carbonyl (C=O) groups excluding carboxylic acids is 13. The number of esters is 11. The number of ether oxygens (including phenoxy) is 14. The normalized spacial score (nSPS) is 15.2. The van der Waals surface area contributed by atoms with Crippen molar-refractivity contribution in [1.82, 2.24) is 0 Å². The maximum absolute atomic E-state index is 11.0. The van der Waals surface area contributed by atoms with E-state index in [1.807, 2.05) is 122 Å². The van der Waals surface area contributed by atoms with Crippen molar-refractivity contribution in [3.05, 3.63) is 85.6 Å². The van der Waals surface area contributed by atoms with Crippen LogP contribution in [-0.2, 0) is 129 Å². The fourth-order valence-electron chi connectivity index (χ4n) is 7.55. The maximum atomic E-state index is 11.0. The van der Waals surface area contributed by atoms with E-state index in [0.717, 1.165) is 51.4 Å². The van der Waals surface area contributed by atoms with Gasteiger partial charge >= 0.3 is 71.8 Å². The number of aliphatic hydroxyl groups excluding tert-OH is 4. The minimum Gasteiger partial charge on any atom is -0.469 e. The lowest BCUT2D eigenvalue weighted by molar-refractivity contribution is -0.192. The third-order valence-corrected chi connectivity index (χ3v) is 14.3. The van der Waals surface area contributed by atoms with Crippen LogP contribution in [0.1, 0.15) is 250 Å². The summed E-state index contributed by atoms with van der Waals surface area (Å²) in [5.41, 5.74) is 0. The molecule has 2 aliphatic heterocycles. The summed E-state index contributed by atoms with van der Waals surface area (Å²) in [6.45, 7) is 25.0. The van der Waals surface area contributed by atoms with Gasteiger partial charge in [0.25, 0.3) is 0 Å². The molecule has 0 aliphatic carbocycles. The summed E-state index contributed by atoms with van der Waals surface area (Å²) in [5.74, 6) is -2.75. The first-order valence-electron chi connectivity index (χ1n) is 38.7. The molecule has 0 bridgehead atoms. The average Bonchev–Trinajstić information content (AvgIpc) is 1.63. The Morgan fingerprint density at radius 3 is 0.783 bits per heavy atom. The fourth-order valence-corrected chi connectivity index (χ4v) is 7.55. The largest absolute Gasteiger partial charge is 0.469 e. The van der Waals surface area contributed by atoms with E-state index in [0.29, 0.717) is 70.3 Å². The molecule has 4 N–H and O–H groups in total. The van der Waals surface area contributed by atoms with Gasteiger partial charge < -0.3 is 86.7 Å². The Hall–Kier alpha value is -8.55. The Balaban J connectivity index is -0.000000132. The molecule has 0 aromatic heterocycles. The average molecular weight is 1650 g/mol. The molecule has 670 valence electrons. The van der Waals surface area contributed by atoms with Crippen molar-refractivity contribution >= 4 is 71.8 Å². The smallest absolute Gasteiger partial charge is 0.373 e. The molecule has 0 aromatic rings. The van der Waals surface area contributed by atoms with Gasteiger partial charge in [0.15, 0.2) is 6.29 Å². The maximum Gasteiger partial charge on any atom is 0.373 e.